The van der Waals surface area contributed by atoms with Gasteiger partial charge in [0.15, 0.2) is 16.5 Å². The number of carbonyl (C=O) groups excluding carboxylic acids is 2. The summed E-state index contributed by atoms with van der Waals surface area (Å²) in [5.41, 5.74) is 0.265. The topological polar surface area (TPSA) is 102 Å². The number of amides is 2. The van der Waals surface area contributed by atoms with Gasteiger partial charge in [-0.15, -0.1) is 10.2 Å². The lowest BCUT2D eigenvalue weighted by atomic mass is 10.2. The molecule has 0 aliphatic carbocycles. The monoisotopic (exact) mass is 372 g/mol. The van der Waals surface area contributed by atoms with Crippen LogP contribution in [0.2, 0.25) is 0 Å². The number of methoxy groups -OCH3 is 2. The first kappa shape index (κ1) is 18.5. The van der Waals surface area contributed by atoms with Gasteiger partial charge in [-0.2, -0.15) is 0 Å². The van der Waals surface area contributed by atoms with Crippen LogP contribution in [0.5, 0.6) is 11.5 Å². The Morgan fingerprint density at radius 1 is 1.20 bits per heavy atom. The van der Waals surface area contributed by atoms with Gasteiger partial charge >= 0.3 is 0 Å². The number of nitrogens with zero attached hydrogens (tertiary/aromatic N) is 2. The van der Waals surface area contributed by atoms with E-state index in [2.05, 4.69) is 20.8 Å². The standard InChI is InChI=1S/C14H14F2N4O4S/c1-23-8-4-3-7(5-9(8)24-2)12(22)17-6-10(21)18-14-20-19-13(25-14)11(15)16/h3-5,11H,6H2,1-2H3,(H,17,22)(H,18,20,21). The summed E-state index contributed by atoms with van der Waals surface area (Å²) < 4.78 is 35.0. The van der Waals surface area contributed by atoms with Gasteiger partial charge in [0.1, 0.15) is 0 Å². The molecule has 0 bridgehead atoms. The third kappa shape index (κ3) is 4.83. The zero-order valence-corrected chi connectivity index (χ0v) is 14.0. The van der Waals surface area contributed by atoms with Crippen molar-refractivity contribution in [2.45, 2.75) is 6.43 Å². The number of ether oxygens (including phenoxy) is 2. The molecule has 0 saturated heterocycles. The van der Waals surface area contributed by atoms with Gasteiger partial charge < -0.3 is 14.8 Å². The summed E-state index contributed by atoms with van der Waals surface area (Å²) in [6.07, 6.45) is -2.76. The highest BCUT2D eigenvalue weighted by Gasteiger charge is 2.16. The van der Waals surface area contributed by atoms with E-state index >= 15 is 0 Å². The minimum Gasteiger partial charge on any atom is -0.493 e. The lowest BCUT2D eigenvalue weighted by Gasteiger charge is -2.09. The van der Waals surface area contributed by atoms with E-state index in [1.165, 1.54) is 26.4 Å². The fourth-order valence-corrected chi connectivity index (χ4v) is 2.39. The Balaban J connectivity index is 1.91. The summed E-state index contributed by atoms with van der Waals surface area (Å²) >= 11 is 0.562. The van der Waals surface area contributed by atoms with E-state index in [1.807, 2.05) is 0 Å². The normalized spacial score (nSPS) is 10.4. The first-order valence-electron chi connectivity index (χ1n) is 6.86. The number of hydrogen-bond acceptors (Lipinski definition) is 7. The van der Waals surface area contributed by atoms with Gasteiger partial charge in [-0.05, 0) is 18.2 Å². The number of benzene rings is 1. The van der Waals surface area contributed by atoms with E-state index in [-0.39, 0.29) is 17.2 Å². The largest absolute Gasteiger partial charge is 0.493 e. The zero-order chi connectivity index (χ0) is 18.4. The molecule has 8 nitrogen and oxygen atoms in total. The third-order valence-corrected chi connectivity index (χ3v) is 3.77. The summed E-state index contributed by atoms with van der Waals surface area (Å²) in [4.78, 5) is 23.8. The first-order chi connectivity index (χ1) is 11.9. The van der Waals surface area contributed by atoms with Crippen molar-refractivity contribution in [1.82, 2.24) is 15.5 Å². The molecule has 2 rings (SSSR count). The summed E-state index contributed by atoms with van der Waals surface area (Å²) in [5.74, 6) is -0.302. The van der Waals surface area contributed by atoms with Crippen LogP contribution < -0.4 is 20.1 Å². The number of hydrogen-bond donors (Lipinski definition) is 2. The molecule has 0 saturated carbocycles. The fourth-order valence-electron chi connectivity index (χ4n) is 1.78. The maximum absolute atomic E-state index is 12.4. The van der Waals surface area contributed by atoms with Crippen LogP contribution in [0.1, 0.15) is 21.8 Å². The number of alkyl halides is 2. The molecule has 2 amide bonds. The summed E-state index contributed by atoms with van der Waals surface area (Å²) in [5, 5.41) is 10.8. The van der Waals surface area contributed by atoms with Crippen molar-refractivity contribution in [3.05, 3.63) is 28.8 Å². The Morgan fingerprint density at radius 3 is 2.52 bits per heavy atom. The number of anilines is 1. The minimum atomic E-state index is -2.76. The van der Waals surface area contributed by atoms with Crippen molar-refractivity contribution in [3.63, 3.8) is 0 Å². The van der Waals surface area contributed by atoms with E-state index in [0.29, 0.717) is 22.8 Å². The van der Waals surface area contributed by atoms with Crippen molar-refractivity contribution in [1.29, 1.82) is 0 Å². The second kappa shape index (κ2) is 8.33. The Morgan fingerprint density at radius 2 is 1.92 bits per heavy atom. The molecular formula is C14H14F2N4O4S. The molecule has 134 valence electrons. The molecule has 2 aromatic rings. The molecule has 2 N–H and O–H groups in total. The van der Waals surface area contributed by atoms with Gasteiger partial charge in [-0.3, -0.25) is 14.9 Å². The quantitative estimate of drug-likeness (QED) is 0.769. The summed E-state index contributed by atoms with van der Waals surface area (Å²) in [7, 11) is 2.90. The molecule has 0 unspecified atom stereocenters. The molecule has 0 aliphatic heterocycles. The highest BCUT2D eigenvalue weighted by Crippen LogP contribution is 2.27. The Labute approximate surface area is 145 Å². The van der Waals surface area contributed by atoms with Crippen LogP contribution in [-0.4, -0.2) is 42.8 Å². The number of nitrogens with one attached hydrogen (secondary N) is 2. The Bertz CT molecular complexity index is 769. The average molecular weight is 372 g/mol. The van der Waals surface area contributed by atoms with Crippen molar-refractivity contribution in [3.8, 4) is 11.5 Å². The van der Waals surface area contributed by atoms with Crippen LogP contribution in [0.4, 0.5) is 13.9 Å². The highest BCUT2D eigenvalue weighted by molar-refractivity contribution is 7.15. The van der Waals surface area contributed by atoms with Crippen LogP contribution in [-0.2, 0) is 4.79 Å². The average Bonchev–Trinajstić information content (AvgIpc) is 3.07. The minimum absolute atomic E-state index is 0.0688. The summed E-state index contributed by atoms with van der Waals surface area (Å²) in [6, 6.07) is 4.53. The van der Waals surface area contributed by atoms with Gasteiger partial charge in [-0.1, -0.05) is 11.3 Å². The predicted molar refractivity (Wildman–Crippen MR) is 85.4 cm³/mol. The molecule has 0 aliphatic rings. The van der Waals surface area contributed by atoms with Crippen molar-refractivity contribution < 1.29 is 27.8 Å². The van der Waals surface area contributed by atoms with Crippen molar-refractivity contribution in [2.75, 3.05) is 26.1 Å². The maximum Gasteiger partial charge on any atom is 0.291 e. The molecule has 0 atom stereocenters. The lowest BCUT2D eigenvalue weighted by molar-refractivity contribution is -0.115. The summed E-state index contributed by atoms with van der Waals surface area (Å²) in [6.45, 7) is -0.364. The molecule has 1 aromatic heterocycles. The molecule has 1 aromatic carbocycles. The predicted octanol–water partition coefficient (Wildman–Crippen LogP) is 1.86. The van der Waals surface area contributed by atoms with E-state index in [0.717, 1.165) is 0 Å². The van der Waals surface area contributed by atoms with Crippen LogP contribution >= 0.6 is 11.3 Å². The number of aromatic nitrogens is 2. The van der Waals surface area contributed by atoms with Gasteiger partial charge in [-0.25, -0.2) is 8.78 Å². The van der Waals surface area contributed by atoms with Crippen LogP contribution in [0.3, 0.4) is 0 Å². The molecule has 1 heterocycles. The number of halogens is 2. The zero-order valence-electron chi connectivity index (χ0n) is 13.2. The molecule has 25 heavy (non-hydrogen) atoms. The van der Waals surface area contributed by atoms with Gasteiger partial charge in [0.05, 0.1) is 20.8 Å². The van der Waals surface area contributed by atoms with Crippen LogP contribution in [0, 0.1) is 0 Å². The van der Waals surface area contributed by atoms with E-state index < -0.39 is 23.2 Å². The lowest BCUT2D eigenvalue weighted by Crippen LogP contribution is -2.32. The molecule has 0 fully saturated rings. The smallest absolute Gasteiger partial charge is 0.291 e. The van der Waals surface area contributed by atoms with Crippen LogP contribution in [0.25, 0.3) is 0 Å². The molecule has 0 radical (unpaired) electrons. The van der Waals surface area contributed by atoms with E-state index in [4.69, 9.17) is 9.47 Å². The Hall–Kier alpha value is -2.82. The van der Waals surface area contributed by atoms with E-state index in [1.54, 1.807) is 6.07 Å². The molecule has 11 heteroatoms. The molecule has 0 spiro atoms. The van der Waals surface area contributed by atoms with Crippen molar-refractivity contribution >= 4 is 28.3 Å². The van der Waals surface area contributed by atoms with Gasteiger partial charge in [0, 0.05) is 5.56 Å². The molecular weight excluding hydrogens is 358 g/mol. The second-order valence-corrected chi connectivity index (χ2v) is 5.56. The SMILES string of the molecule is COc1ccc(C(=O)NCC(=O)Nc2nnc(C(F)F)s2)cc1OC. The van der Waals surface area contributed by atoms with Crippen molar-refractivity contribution in [2.24, 2.45) is 0 Å². The number of carbonyl (C=O) groups is 2. The Kier molecular flexibility index (Phi) is 6.17. The third-order valence-electron chi connectivity index (χ3n) is 2.93. The highest BCUT2D eigenvalue weighted by atomic mass is 32.1. The van der Waals surface area contributed by atoms with Crippen LogP contribution in [0.15, 0.2) is 18.2 Å². The second-order valence-electron chi connectivity index (χ2n) is 4.55. The first-order valence-corrected chi connectivity index (χ1v) is 7.68. The fraction of sp³-hybridized carbons (Fsp3) is 0.286. The number of rotatable bonds is 7. The maximum atomic E-state index is 12.4. The van der Waals surface area contributed by atoms with Gasteiger partial charge in [0.25, 0.3) is 12.3 Å². The van der Waals surface area contributed by atoms with Gasteiger partial charge in [0.2, 0.25) is 11.0 Å². The van der Waals surface area contributed by atoms with E-state index in [9.17, 15) is 18.4 Å².